The van der Waals surface area contributed by atoms with Crippen molar-refractivity contribution in [1.82, 2.24) is 20.1 Å². The second-order valence-corrected chi connectivity index (χ2v) is 11.8. The van der Waals surface area contributed by atoms with Gasteiger partial charge in [0.1, 0.15) is 17.7 Å². The number of hydrogen-bond donors (Lipinski definition) is 1. The molecule has 0 unspecified atom stereocenters. The number of rotatable bonds is 8. The lowest BCUT2D eigenvalue weighted by atomic mass is 9.87. The van der Waals surface area contributed by atoms with E-state index in [0.29, 0.717) is 18.8 Å². The number of para-hydroxylation sites is 1. The number of nitrogens with one attached hydrogen (secondary N) is 1. The van der Waals surface area contributed by atoms with Crippen molar-refractivity contribution in [2.45, 2.75) is 44.4 Å². The molecule has 1 aromatic carbocycles. The molecule has 43 heavy (non-hydrogen) atoms. The van der Waals surface area contributed by atoms with Crippen molar-refractivity contribution in [2.75, 3.05) is 81.2 Å². The Hall–Kier alpha value is -3.29. The first-order valence-corrected chi connectivity index (χ1v) is 14.7. The van der Waals surface area contributed by atoms with Crippen molar-refractivity contribution < 1.29 is 27.2 Å². The fourth-order valence-corrected chi connectivity index (χ4v) is 6.57. The Morgan fingerprint density at radius 2 is 1.93 bits per heavy atom. The van der Waals surface area contributed by atoms with E-state index in [-0.39, 0.29) is 35.6 Å². The molecule has 5 rings (SSSR count). The van der Waals surface area contributed by atoms with E-state index in [4.69, 9.17) is 0 Å². The molecule has 1 aromatic heterocycles. The molecule has 0 saturated carbocycles. The van der Waals surface area contributed by atoms with E-state index in [1.165, 1.54) is 31.0 Å². The number of piperazine rings is 1. The van der Waals surface area contributed by atoms with Gasteiger partial charge in [-0.25, -0.2) is 9.37 Å². The van der Waals surface area contributed by atoms with E-state index in [1.54, 1.807) is 18.0 Å². The molecule has 1 atom stereocenters. The molecule has 4 heterocycles. The Kier molecular flexibility index (Phi) is 8.70. The smallest absolute Gasteiger partial charge is 0.369 e. The van der Waals surface area contributed by atoms with E-state index < -0.39 is 35.4 Å². The van der Waals surface area contributed by atoms with Crippen LogP contribution in [0.3, 0.4) is 0 Å². The predicted molar refractivity (Wildman–Crippen MR) is 157 cm³/mol. The summed E-state index contributed by atoms with van der Waals surface area (Å²) in [4.78, 5) is 39.9. The molecule has 0 radical (unpaired) electrons. The zero-order valence-electron chi connectivity index (χ0n) is 25.0. The number of alkyl halides is 3. The van der Waals surface area contributed by atoms with Crippen molar-refractivity contribution in [3.8, 4) is 0 Å². The van der Waals surface area contributed by atoms with Crippen LogP contribution in [-0.2, 0) is 15.8 Å². The van der Waals surface area contributed by atoms with Gasteiger partial charge in [0.2, 0.25) is 11.8 Å². The monoisotopic (exact) mass is 605 g/mol. The van der Waals surface area contributed by atoms with Crippen molar-refractivity contribution in [3.05, 3.63) is 47.4 Å². The zero-order valence-corrected chi connectivity index (χ0v) is 25.0. The molecule has 13 heteroatoms. The van der Waals surface area contributed by atoms with Gasteiger partial charge in [0.05, 0.1) is 22.5 Å². The largest absolute Gasteiger partial charge is 0.416 e. The second kappa shape index (κ2) is 12.0. The van der Waals surface area contributed by atoms with Crippen LogP contribution in [-0.4, -0.2) is 105 Å². The quantitative estimate of drug-likeness (QED) is 0.464. The number of aromatic nitrogens is 1. The number of benzene rings is 1. The van der Waals surface area contributed by atoms with Crippen LogP contribution in [0.1, 0.15) is 31.0 Å². The molecular formula is C30H39F4N7O2. The number of anilines is 3. The van der Waals surface area contributed by atoms with Crippen molar-refractivity contribution >= 4 is 29.0 Å². The first-order chi connectivity index (χ1) is 20.3. The number of carbonyl (C=O) groups is 2. The van der Waals surface area contributed by atoms with Crippen molar-refractivity contribution in [1.29, 1.82) is 0 Å². The van der Waals surface area contributed by atoms with Crippen LogP contribution in [0, 0.1) is 12.7 Å². The molecule has 2 amide bonds. The van der Waals surface area contributed by atoms with Gasteiger partial charge in [0, 0.05) is 72.0 Å². The van der Waals surface area contributed by atoms with Gasteiger partial charge in [-0.15, -0.1) is 0 Å². The minimum Gasteiger partial charge on any atom is -0.369 e. The Balaban J connectivity index is 1.34. The molecule has 0 bridgehead atoms. The van der Waals surface area contributed by atoms with Gasteiger partial charge in [0.15, 0.2) is 0 Å². The van der Waals surface area contributed by atoms with Gasteiger partial charge in [-0.1, -0.05) is 13.0 Å². The number of halogens is 4. The van der Waals surface area contributed by atoms with Crippen LogP contribution in [0.5, 0.6) is 0 Å². The van der Waals surface area contributed by atoms with E-state index in [1.807, 2.05) is 0 Å². The van der Waals surface area contributed by atoms with Gasteiger partial charge in [-0.2, -0.15) is 13.2 Å². The third-order valence-corrected chi connectivity index (χ3v) is 8.97. The highest BCUT2D eigenvalue weighted by Gasteiger charge is 2.45. The molecule has 9 nitrogen and oxygen atoms in total. The molecule has 0 aliphatic carbocycles. The molecule has 1 N–H and O–H groups in total. The maximum Gasteiger partial charge on any atom is 0.416 e. The minimum absolute atomic E-state index is 0.0144. The summed E-state index contributed by atoms with van der Waals surface area (Å²) in [6, 6.07) is 5.10. The van der Waals surface area contributed by atoms with Crippen LogP contribution < -0.4 is 20.0 Å². The Bertz CT molecular complexity index is 1370. The maximum absolute atomic E-state index is 15.4. The van der Waals surface area contributed by atoms with Crippen LogP contribution in [0.2, 0.25) is 0 Å². The average molecular weight is 606 g/mol. The van der Waals surface area contributed by atoms with E-state index >= 15 is 4.39 Å². The van der Waals surface area contributed by atoms with Crippen LogP contribution in [0.4, 0.5) is 34.8 Å². The number of nitrogens with zero attached hydrogens (tertiary/aromatic N) is 6. The molecular weight excluding hydrogens is 566 g/mol. The van der Waals surface area contributed by atoms with E-state index in [2.05, 4.69) is 27.0 Å². The lowest BCUT2D eigenvalue weighted by Gasteiger charge is -2.56. The highest BCUT2D eigenvalue weighted by molar-refractivity contribution is 6.09. The summed E-state index contributed by atoms with van der Waals surface area (Å²) in [6.07, 6.45) is -4.54. The highest BCUT2D eigenvalue weighted by Crippen LogP contribution is 2.36. The fraction of sp³-hybridized carbons (Fsp3) is 0.567. The SMILES string of the molecule is CCN1CCN(CCN(C)c2c(F)cccc2N(C)C(=O)[C@@H]2CCC(=O)N2c2cc(C(F)(F)F)cc(C)n2)CC12CNC2. The summed E-state index contributed by atoms with van der Waals surface area (Å²) in [7, 11) is 3.28. The van der Waals surface area contributed by atoms with Gasteiger partial charge in [-0.05, 0) is 44.2 Å². The average Bonchev–Trinajstić information content (AvgIpc) is 3.34. The topological polar surface area (TPSA) is 75.3 Å². The third kappa shape index (κ3) is 6.07. The summed E-state index contributed by atoms with van der Waals surface area (Å²) < 4.78 is 55.9. The highest BCUT2D eigenvalue weighted by atomic mass is 19.4. The molecule has 3 saturated heterocycles. The molecule has 234 valence electrons. The molecule has 3 aliphatic heterocycles. The van der Waals surface area contributed by atoms with E-state index in [0.717, 1.165) is 56.3 Å². The molecule has 3 fully saturated rings. The van der Waals surface area contributed by atoms with Crippen LogP contribution >= 0.6 is 0 Å². The van der Waals surface area contributed by atoms with Gasteiger partial charge in [-0.3, -0.25) is 24.3 Å². The third-order valence-electron chi connectivity index (χ3n) is 8.97. The number of amides is 2. The number of aryl methyl sites for hydroxylation is 1. The molecule has 3 aliphatic rings. The molecule has 1 spiro atoms. The minimum atomic E-state index is -4.64. The number of carbonyl (C=O) groups excluding carboxylic acids is 2. The van der Waals surface area contributed by atoms with E-state index in [9.17, 15) is 22.8 Å². The van der Waals surface area contributed by atoms with Crippen LogP contribution in [0.15, 0.2) is 30.3 Å². The summed E-state index contributed by atoms with van der Waals surface area (Å²) in [6.45, 7) is 10.5. The Morgan fingerprint density at radius 1 is 1.19 bits per heavy atom. The molecule has 2 aromatic rings. The zero-order chi connectivity index (χ0) is 31.1. The van der Waals surface area contributed by atoms with Gasteiger partial charge >= 0.3 is 6.18 Å². The predicted octanol–water partition coefficient (Wildman–Crippen LogP) is 3.12. The first-order valence-electron chi connectivity index (χ1n) is 14.7. The number of hydrogen-bond acceptors (Lipinski definition) is 7. The summed E-state index contributed by atoms with van der Waals surface area (Å²) in [5, 5.41) is 3.39. The Morgan fingerprint density at radius 3 is 2.58 bits per heavy atom. The summed E-state index contributed by atoms with van der Waals surface area (Å²) >= 11 is 0. The second-order valence-electron chi connectivity index (χ2n) is 11.8. The summed E-state index contributed by atoms with van der Waals surface area (Å²) in [5.41, 5.74) is -0.170. The van der Waals surface area contributed by atoms with Crippen molar-refractivity contribution in [2.24, 2.45) is 0 Å². The van der Waals surface area contributed by atoms with Crippen LogP contribution in [0.25, 0.3) is 0 Å². The lowest BCUT2D eigenvalue weighted by Crippen LogP contribution is -2.76. The lowest BCUT2D eigenvalue weighted by molar-refractivity contribution is -0.137. The maximum atomic E-state index is 15.4. The standard InChI is InChI=1S/C30H39F4N7O2/c1-5-40-14-13-39(19-29(40)17-35-18-29)12-11-37(3)27-22(31)7-6-8-23(27)38(4)28(43)24-9-10-26(42)41(24)25-16-21(30(32,33)34)15-20(2)36-25/h6-8,15-16,24,35H,5,9-14,17-19H2,1-4H3/t24-/m0/s1. The summed E-state index contributed by atoms with van der Waals surface area (Å²) in [5.74, 6) is -1.74. The normalized spacial score (nSPS) is 20.9. The van der Waals surface area contributed by atoms with Crippen molar-refractivity contribution in [3.63, 3.8) is 0 Å². The fourth-order valence-electron chi connectivity index (χ4n) is 6.57. The first kappa shape index (κ1) is 31.1. The number of likely N-dealkylation sites (N-methyl/N-ethyl adjacent to an activating group) is 3. The Labute approximate surface area is 249 Å². The van der Waals surface area contributed by atoms with Gasteiger partial charge in [0.25, 0.3) is 0 Å². The van der Waals surface area contributed by atoms with Gasteiger partial charge < -0.3 is 15.1 Å². The number of pyridine rings is 1.